The van der Waals surface area contributed by atoms with E-state index in [1.165, 1.54) is 0 Å². The molecule has 0 amide bonds. The van der Waals surface area contributed by atoms with Crippen molar-refractivity contribution in [3.63, 3.8) is 0 Å². The average Bonchev–Trinajstić information content (AvgIpc) is 2.47. The largest absolute Gasteiger partial charge is 0.516 e. The first kappa shape index (κ1) is 14.1. The van der Waals surface area contributed by atoms with Crippen LogP contribution in [0.1, 0.15) is 12.5 Å². The average molecular weight is 272 g/mol. The SMILES string of the molecule is CC(OCc1ccccc1)OC(=O)Oc1ccccc1. The molecule has 4 nitrogen and oxygen atoms in total. The third kappa shape index (κ3) is 4.74. The number of hydrogen-bond acceptors (Lipinski definition) is 4. The van der Waals surface area contributed by atoms with Crippen LogP contribution in [0.3, 0.4) is 0 Å². The topological polar surface area (TPSA) is 44.8 Å². The van der Waals surface area contributed by atoms with Gasteiger partial charge in [-0.15, -0.1) is 0 Å². The van der Waals surface area contributed by atoms with Crippen LogP contribution in [0.2, 0.25) is 0 Å². The number of carbonyl (C=O) groups is 1. The maximum Gasteiger partial charge on any atom is 0.516 e. The van der Waals surface area contributed by atoms with Crippen LogP contribution in [0.4, 0.5) is 4.79 Å². The van der Waals surface area contributed by atoms with Gasteiger partial charge in [0.25, 0.3) is 0 Å². The third-order valence-corrected chi connectivity index (χ3v) is 2.53. The van der Waals surface area contributed by atoms with E-state index in [2.05, 4.69) is 0 Å². The van der Waals surface area contributed by atoms with E-state index in [9.17, 15) is 4.79 Å². The van der Waals surface area contributed by atoms with Crippen molar-refractivity contribution in [2.45, 2.75) is 19.8 Å². The highest BCUT2D eigenvalue weighted by Crippen LogP contribution is 2.10. The van der Waals surface area contributed by atoms with E-state index in [0.717, 1.165) is 5.56 Å². The fourth-order valence-corrected chi connectivity index (χ4v) is 1.57. The zero-order chi connectivity index (χ0) is 14.2. The second kappa shape index (κ2) is 7.31. The van der Waals surface area contributed by atoms with Crippen molar-refractivity contribution in [2.24, 2.45) is 0 Å². The predicted octanol–water partition coefficient (Wildman–Crippen LogP) is 3.76. The first-order valence-corrected chi connectivity index (χ1v) is 6.33. The maximum atomic E-state index is 11.5. The molecule has 0 aromatic heterocycles. The molecule has 104 valence electrons. The van der Waals surface area contributed by atoms with Crippen LogP contribution in [-0.4, -0.2) is 12.4 Å². The van der Waals surface area contributed by atoms with Crippen LogP contribution < -0.4 is 4.74 Å². The zero-order valence-electron chi connectivity index (χ0n) is 11.2. The van der Waals surface area contributed by atoms with E-state index in [4.69, 9.17) is 14.2 Å². The quantitative estimate of drug-likeness (QED) is 0.472. The van der Waals surface area contributed by atoms with Crippen LogP contribution >= 0.6 is 0 Å². The smallest absolute Gasteiger partial charge is 0.404 e. The summed E-state index contributed by atoms with van der Waals surface area (Å²) in [4.78, 5) is 11.5. The molecular weight excluding hydrogens is 256 g/mol. The Hall–Kier alpha value is -2.33. The number of carbonyl (C=O) groups excluding carboxylic acids is 1. The van der Waals surface area contributed by atoms with Gasteiger partial charge in [0, 0.05) is 0 Å². The normalized spacial score (nSPS) is 11.7. The third-order valence-electron chi connectivity index (χ3n) is 2.53. The van der Waals surface area contributed by atoms with Crippen molar-refractivity contribution in [3.05, 3.63) is 66.2 Å². The summed E-state index contributed by atoms with van der Waals surface area (Å²) in [7, 11) is 0. The summed E-state index contributed by atoms with van der Waals surface area (Å²) in [6, 6.07) is 18.4. The molecule has 2 aromatic rings. The molecule has 1 atom stereocenters. The Kier molecular flexibility index (Phi) is 5.15. The van der Waals surface area contributed by atoms with Crippen molar-refractivity contribution in [3.8, 4) is 5.75 Å². The molecule has 0 aliphatic rings. The molecule has 0 spiro atoms. The number of hydrogen-bond donors (Lipinski definition) is 0. The minimum atomic E-state index is -0.781. The molecule has 0 N–H and O–H groups in total. The molecule has 4 heteroatoms. The number of benzene rings is 2. The zero-order valence-corrected chi connectivity index (χ0v) is 11.2. The highest BCUT2D eigenvalue weighted by Gasteiger charge is 2.11. The van der Waals surface area contributed by atoms with Gasteiger partial charge < -0.3 is 14.2 Å². The van der Waals surface area contributed by atoms with Crippen molar-refractivity contribution >= 4 is 6.16 Å². The van der Waals surface area contributed by atoms with Crippen LogP contribution in [-0.2, 0) is 16.1 Å². The highest BCUT2D eigenvalue weighted by molar-refractivity contribution is 5.63. The van der Waals surface area contributed by atoms with Crippen molar-refractivity contribution in [2.75, 3.05) is 0 Å². The lowest BCUT2D eigenvalue weighted by Crippen LogP contribution is -2.20. The molecule has 2 aromatic carbocycles. The van der Waals surface area contributed by atoms with Crippen molar-refractivity contribution < 1.29 is 19.0 Å². The Labute approximate surface area is 117 Å². The fraction of sp³-hybridized carbons (Fsp3) is 0.188. The van der Waals surface area contributed by atoms with Gasteiger partial charge in [-0.3, -0.25) is 0 Å². The highest BCUT2D eigenvalue weighted by atomic mass is 16.8. The summed E-state index contributed by atoms with van der Waals surface area (Å²) in [5.41, 5.74) is 1.01. The summed E-state index contributed by atoms with van der Waals surface area (Å²) < 4.78 is 15.4. The van der Waals surface area contributed by atoms with Crippen LogP contribution in [0.25, 0.3) is 0 Å². The first-order valence-electron chi connectivity index (χ1n) is 6.33. The van der Waals surface area contributed by atoms with Gasteiger partial charge in [-0.1, -0.05) is 48.5 Å². The van der Waals surface area contributed by atoms with E-state index in [1.54, 1.807) is 31.2 Å². The van der Waals surface area contributed by atoms with Crippen molar-refractivity contribution in [1.29, 1.82) is 0 Å². The second-order valence-electron chi connectivity index (χ2n) is 4.15. The molecule has 1 unspecified atom stereocenters. The summed E-state index contributed by atoms with van der Waals surface area (Å²) in [5.74, 6) is 0.438. The van der Waals surface area contributed by atoms with Gasteiger partial charge in [-0.2, -0.15) is 0 Å². The van der Waals surface area contributed by atoms with E-state index in [0.29, 0.717) is 12.4 Å². The van der Waals surface area contributed by atoms with Gasteiger partial charge in [0.15, 0.2) is 0 Å². The van der Waals surface area contributed by atoms with Gasteiger partial charge in [-0.05, 0) is 24.6 Å². The van der Waals surface area contributed by atoms with Crippen molar-refractivity contribution in [1.82, 2.24) is 0 Å². The van der Waals surface area contributed by atoms with E-state index in [-0.39, 0.29) is 0 Å². The van der Waals surface area contributed by atoms with Gasteiger partial charge in [0.05, 0.1) is 6.61 Å². The Balaban J connectivity index is 1.74. The molecule has 0 aliphatic carbocycles. The maximum absolute atomic E-state index is 11.5. The molecule has 0 saturated heterocycles. The van der Waals surface area contributed by atoms with Gasteiger partial charge in [0.2, 0.25) is 6.29 Å². The molecule has 0 heterocycles. The Bertz CT molecular complexity index is 525. The number of rotatable bonds is 5. The number of ether oxygens (including phenoxy) is 3. The first-order chi connectivity index (χ1) is 9.74. The van der Waals surface area contributed by atoms with Gasteiger partial charge in [0.1, 0.15) is 5.75 Å². The lowest BCUT2D eigenvalue weighted by atomic mass is 10.2. The fourth-order valence-electron chi connectivity index (χ4n) is 1.57. The predicted molar refractivity (Wildman–Crippen MR) is 74.2 cm³/mol. The minimum absolute atomic E-state index is 0.376. The van der Waals surface area contributed by atoms with Gasteiger partial charge in [-0.25, -0.2) is 4.79 Å². The van der Waals surface area contributed by atoms with E-state index < -0.39 is 12.4 Å². The Morgan fingerprint density at radius 3 is 2.25 bits per heavy atom. The van der Waals surface area contributed by atoms with E-state index >= 15 is 0 Å². The molecule has 2 rings (SSSR count). The lowest BCUT2D eigenvalue weighted by Gasteiger charge is -2.13. The Morgan fingerprint density at radius 2 is 1.60 bits per heavy atom. The molecule has 20 heavy (non-hydrogen) atoms. The monoisotopic (exact) mass is 272 g/mol. The molecule has 0 fully saturated rings. The summed E-state index contributed by atoms with van der Waals surface area (Å²) in [6.07, 6.45) is -1.46. The summed E-state index contributed by atoms with van der Waals surface area (Å²) >= 11 is 0. The molecule has 0 saturated carbocycles. The standard InChI is InChI=1S/C16H16O4/c1-13(18-12-14-8-4-2-5-9-14)19-16(17)20-15-10-6-3-7-11-15/h2-11,13H,12H2,1H3. The lowest BCUT2D eigenvalue weighted by molar-refractivity contribution is -0.109. The molecule has 0 bridgehead atoms. The van der Waals surface area contributed by atoms with Crippen LogP contribution in [0.15, 0.2) is 60.7 Å². The minimum Gasteiger partial charge on any atom is -0.404 e. The van der Waals surface area contributed by atoms with Gasteiger partial charge >= 0.3 is 6.16 Å². The number of para-hydroxylation sites is 1. The molecule has 0 aliphatic heterocycles. The molecule has 0 radical (unpaired) electrons. The van der Waals surface area contributed by atoms with E-state index in [1.807, 2.05) is 36.4 Å². The Morgan fingerprint density at radius 1 is 1.00 bits per heavy atom. The second-order valence-corrected chi connectivity index (χ2v) is 4.15. The van der Waals surface area contributed by atoms with Crippen LogP contribution in [0, 0.1) is 0 Å². The molecular formula is C16H16O4. The van der Waals surface area contributed by atoms with Crippen LogP contribution in [0.5, 0.6) is 5.75 Å². The summed E-state index contributed by atoms with van der Waals surface area (Å²) in [5, 5.41) is 0. The summed E-state index contributed by atoms with van der Waals surface area (Å²) in [6.45, 7) is 2.02.